The molecule has 0 saturated carbocycles. The molecule has 0 radical (unpaired) electrons. The van der Waals surface area contributed by atoms with E-state index in [1.807, 2.05) is 62.4 Å². The maximum absolute atomic E-state index is 12.6. The Balaban J connectivity index is 1.51. The van der Waals surface area contributed by atoms with Crippen LogP contribution in [0.5, 0.6) is 0 Å². The van der Waals surface area contributed by atoms with Crippen molar-refractivity contribution < 1.29 is 4.79 Å². The van der Waals surface area contributed by atoms with Crippen molar-refractivity contribution in [2.24, 2.45) is 0 Å². The van der Waals surface area contributed by atoms with Gasteiger partial charge < -0.3 is 5.32 Å². The van der Waals surface area contributed by atoms with Crippen LogP contribution in [0.1, 0.15) is 31.4 Å². The third-order valence-electron chi connectivity index (χ3n) is 4.94. The van der Waals surface area contributed by atoms with Gasteiger partial charge in [0, 0.05) is 12.6 Å². The summed E-state index contributed by atoms with van der Waals surface area (Å²) in [5.41, 5.74) is 2.16. The molecule has 0 aliphatic heterocycles. The number of nitrogens with one attached hydrogen (secondary N) is 2. The molecule has 7 heteroatoms. The fraction of sp³-hybridized carbons (Fsp3) is 0.348. The zero-order valence-electron chi connectivity index (χ0n) is 17.4. The van der Waals surface area contributed by atoms with Gasteiger partial charge in [-0.25, -0.2) is 9.89 Å². The van der Waals surface area contributed by atoms with Crippen molar-refractivity contribution in [3.05, 3.63) is 82.3 Å². The minimum absolute atomic E-state index is 0.0504. The van der Waals surface area contributed by atoms with E-state index in [-0.39, 0.29) is 22.9 Å². The van der Waals surface area contributed by atoms with Crippen LogP contribution in [0, 0.1) is 0 Å². The van der Waals surface area contributed by atoms with Gasteiger partial charge in [0.05, 0.1) is 5.25 Å². The van der Waals surface area contributed by atoms with Gasteiger partial charge >= 0.3 is 5.69 Å². The highest BCUT2D eigenvalue weighted by Gasteiger charge is 2.20. The number of nitrogens with zero attached hydrogens (tertiary/aromatic N) is 2. The number of carbonyl (C=O) groups is 1. The van der Waals surface area contributed by atoms with Gasteiger partial charge in [-0.15, -0.1) is 5.10 Å². The van der Waals surface area contributed by atoms with Crippen LogP contribution in [0.25, 0.3) is 0 Å². The Kier molecular flexibility index (Phi) is 7.90. The third-order valence-corrected chi connectivity index (χ3v) is 6.03. The minimum Gasteiger partial charge on any atom is -0.353 e. The number of hydrogen-bond acceptors (Lipinski definition) is 4. The minimum atomic E-state index is -0.352. The monoisotopic (exact) mass is 424 g/mol. The first-order valence-corrected chi connectivity index (χ1v) is 11.1. The second-order valence-corrected chi connectivity index (χ2v) is 8.70. The largest absolute Gasteiger partial charge is 0.353 e. The molecule has 30 heavy (non-hydrogen) atoms. The summed E-state index contributed by atoms with van der Waals surface area (Å²) in [5, 5.41) is 9.87. The number of rotatable bonds is 10. The van der Waals surface area contributed by atoms with Crippen molar-refractivity contribution in [2.45, 2.75) is 56.1 Å². The number of hydrogen-bond donors (Lipinski definition) is 2. The van der Waals surface area contributed by atoms with Crippen molar-refractivity contribution in [1.82, 2.24) is 20.1 Å². The van der Waals surface area contributed by atoms with Gasteiger partial charge in [0.2, 0.25) is 5.91 Å². The summed E-state index contributed by atoms with van der Waals surface area (Å²) >= 11 is 1.30. The fourth-order valence-electron chi connectivity index (χ4n) is 3.15. The zero-order valence-corrected chi connectivity index (χ0v) is 18.2. The molecule has 0 saturated heterocycles. The molecule has 1 amide bonds. The number of aryl methyl sites for hydroxylation is 2. The zero-order chi connectivity index (χ0) is 21.3. The van der Waals surface area contributed by atoms with Crippen LogP contribution in [-0.4, -0.2) is 32.0 Å². The highest BCUT2D eigenvalue weighted by Crippen LogP contribution is 2.20. The lowest BCUT2D eigenvalue weighted by Gasteiger charge is -2.17. The molecule has 3 rings (SSSR count). The van der Waals surface area contributed by atoms with Crippen molar-refractivity contribution in [3.8, 4) is 0 Å². The summed E-state index contributed by atoms with van der Waals surface area (Å²) < 4.78 is 1.60. The van der Waals surface area contributed by atoms with E-state index in [2.05, 4.69) is 27.6 Å². The molecule has 1 aromatic heterocycles. The molecule has 0 spiro atoms. The Morgan fingerprint density at radius 1 is 1.03 bits per heavy atom. The first-order valence-electron chi connectivity index (χ1n) is 10.2. The van der Waals surface area contributed by atoms with Crippen LogP contribution in [0.2, 0.25) is 0 Å². The number of aromatic amines is 1. The molecule has 6 nitrogen and oxygen atoms in total. The predicted molar refractivity (Wildman–Crippen MR) is 121 cm³/mol. The van der Waals surface area contributed by atoms with Crippen molar-refractivity contribution in [3.63, 3.8) is 0 Å². The van der Waals surface area contributed by atoms with Crippen LogP contribution in [0.15, 0.2) is 70.6 Å². The average Bonchev–Trinajstić information content (AvgIpc) is 3.11. The lowest BCUT2D eigenvalue weighted by molar-refractivity contribution is -0.120. The van der Waals surface area contributed by atoms with E-state index in [0.29, 0.717) is 11.7 Å². The standard InChI is InChI=1S/C23H28N4O2S/c1-17(13-14-19-9-5-3-6-10-19)24-21(28)18(2)30-23-26-25-22(29)27(23)16-15-20-11-7-4-8-12-20/h3-12,17-18H,13-16H2,1-2H3,(H,24,28)(H,25,29). The molecule has 2 atom stereocenters. The number of benzene rings is 2. The van der Waals surface area contributed by atoms with Gasteiger partial charge in [-0.2, -0.15) is 0 Å². The maximum atomic E-state index is 12.6. The SMILES string of the molecule is CC(CCc1ccccc1)NC(=O)C(C)Sc1n[nH]c(=O)n1CCc1ccccc1. The Hall–Kier alpha value is -2.80. The Morgan fingerprint density at radius 3 is 2.27 bits per heavy atom. The maximum Gasteiger partial charge on any atom is 0.343 e. The molecule has 158 valence electrons. The molecule has 2 N–H and O–H groups in total. The number of aromatic nitrogens is 3. The summed E-state index contributed by atoms with van der Waals surface area (Å²) in [7, 11) is 0. The molecular weight excluding hydrogens is 396 g/mol. The Morgan fingerprint density at radius 2 is 1.63 bits per heavy atom. The molecule has 1 heterocycles. The third kappa shape index (κ3) is 6.35. The van der Waals surface area contributed by atoms with Gasteiger partial charge in [-0.3, -0.25) is 9.36 Å². The van der Waals surface area contributed by atoms with Crippen LogP contribution >= 0.6 is 11.8 Å². The van der Waals surface area contributed by atoms with Crippen molar-refractivity contribution in [1.29, 1.82) is 0 Å². The summed E-state index contributed by atoms with van der Waals surface area (Å²) in [6.07, 6.45) is 2.52. The number of H-pyrrole nitrogens is 1. The highest BCUT2D eigenvalue weighted by molar-refractivity contribution is 8.00. The van der Waals surface area contributed by atoms with E-state index in [4.69, 9.17) is 0 Å². The van der Waals surface area contributed by atoms with Crippen LogP contribution < -0.4 is 11.0 Å². The number of carbonyl (C=O) groups excluding carboxylic acids is 1. The highest BCUT2D eigenvalue weighted by atomic mass is 32.2. The summed E-state index contributed by atoms with van der Waals surface area (Å²) in [5.74, 6) is -0.0504. The second kappa shape index (κ2) is 10.8. The quantitative estimate of drug-likeness (QED) is 0.489. The lowest BCUT2D eigenvalue weighted by Crippen LogP contribution is -2.38. The van der Waals surface area contributed by atoms with Crippen LogP contribution in [-0.2, 0) is 24.2 Å². The molecule has 3 aromatic rings. The molecule has 0 aliphatic carbocycles. The molecule has 2 unspecified atom stereocenters. The summed E-state index contributed by atoms with van der Waals surface area (Å²) in [6, 6.07) is 20.3. The molecule has 2 aromatic carbocycles. The Bertz CT molecular complexity index is 985. The topological polar surface area (TPSA) is 79.8 Å². The predicted octanol–water partition coefficient (Wildman–Crippen LogP) is 3.43. The van der Waals surface area contributed by atoms with E-state index < -0.39 is 0 Å². The molecular formula is C23H28N4O2S. The smallest absolute Gasteiger partial charge is 0.343 e. The number of thioether (sulfide) groups is 1. The summed E-state index contributed by atoms with van der Waals surface area (Å²) in [4.78, 5) is 24.8. The van der Waals surface area contributed by atoms with Gasteiger partial charge in [0.15, 0.2) is 5.16 Å². The molecule has 0 bridgehead atoms. The van der Waals surface area contributed by atoms with E-state index >= 15 is 0 Å². The first-order chi connectivity index (χ1) is 14.5. The van der Waals surface area contributed by atoms with Gasteiger partial charge in [0.1, 0.15) is 0 Å². The molecule has 0 fully saturated rings. The lowest BCUT2D eigenvalue weighted by atomic mass is 10.1. The average molecular weight is 425 g/mol. The molecule has 0 aliphatic rings. The van der Waals surface area contributed by atoms with E-state index in [9.17, 15) is 9.59 Å². The van der Waals surface area contributed by atoms with Crippen molar-refractivity contribution >= 4 is 17.7 Å². The first kappa shape index (κ1) is 21.9. The van der Waals surface area contributed by atoms with E-state index in [0.717, 1.165) is 24.8 Å². The fourth-order valence-corrected chi connectivity index (χ4v) is 4.04. The van der Waals surface area contributed by atoms with Crippen LogP contribution in [0.3, 0.4) is 0 Å². The van der Waals surface area contributed by atoms with Crippen LogP contribution in [0.4, 0.5) is 0 Å². The normalized spacial score (nSPS) is 13.0. The van der Waals surface area contributed by atoms with E-state index in [1.165, 1.54) is 17.3 Å². The van der Waals surface area contributed by atoms with Gasteiger partial charge in [-0.1, -0.05) is 72.4 Å². The Labute approximate surface area is 181 Å². The van der Waals surface area contributed by atoms with Gasteiger partial charge in [-0.05, 0) is 44.2 Å². The number of amides is 1. The van der Waals surface area contributed by atoms with Gasteiger partial charge in [0.25, 0.3) is 0 Å². The van der Waals surface area contributed by atoms with Crippen molar-refractivity contribution in [2.75, 3.05) is 0 Å². The van der Waals surface area contributed by atoms with E-state index in [1.54, 1.807) is 4.57 Å². The summed E-state index contributed by atoms with van der Waals surface area (Å²) in [6.45, 7) is 4.37. The second-order valence-electron chi connectivity index (χ2n) is 7.39.